The first-order valence-electron chi connectivity index (χ1n) is 12.7. The lowest BCUT2D eigenvalue weighted by molar-refractivity contribution is -0.119. The molecule has 2 aliphatic carbocycles. The summed E-state index contributed by atoms with van der Waals surface area (Å²) in [4.78, 5) is 34.6. The number of hydrogen-bond acceptors (Lipinski definition) is 5. The molecule has 1 atom stereocenters. The van der Waals surface area contributed by atoms with Crippen LogP contribution >= 0.6 is 0 Å². The minimum absolute atomic E-state index is 0.00418. The van der Waals surface area contributed by atoms with Gasteiger partial charge in [0.1, 0.15) is 23.4 Å². The van der Waals surface area contributed by atoms with Gasteiger partial charge >= 0.3 is 0 Å². The average Bonchev–Trinajstić information content (AvgIpc) is 3.80. The van der Waals surface area contributed by atoms with Gasteiger partial charge < -0.3 is 10.6 Å². The quantitative estimate of drug-likeness (QED) is 0.409. The lowest BCUT2D eigenvalue weighted by Crippen LogP contribution is -2.50. The second kappa shape index (κ2) is 9.99. The molecule has 194 valence electrons. The maximum atomic E-state index is 15.0. The maximum absolute atomic E-state index is 15.0. The van der Waals surface area contributed by atoms with Crippen molar-refractivity contribution in [3.05, 3.63) is 59.8 Å². The van der Waals surface area contributed by atoms with Crippen LogP contribution in [0.3, 0.4) is 0 Å². The highest BCUT2D eigenvalue weighted by molar-refractivity contribution is 6.00. The van der Waals surface area contributed by atoms with Crippen molar-refractivity contribution >= 4 is 17.6 Å². The van der Waals surface area contributed by atoms with Crippen LogP contribution in [0.15, 0.2) is 36.7 Å². The van der Waals surface area contributed by atoms with E-state index in [1.807, 2.05) is 13.8 Å². The lowest BCUT2D eigenvalue weighted by Gasteiger charge is -2.27. The van der Waals surface area contributed by atoms with Crippen molar-refractivity contribution in [2.24, 2.45) is 17.8 Å². The van der Waals surface area contributed by atoms with Crippen LogP contribution in [0.25, 0.3) is 11.1 Å². The van der Waals surface area contributed by atoms with E-state index in [0.717, 1.165) is 31.9 Å². The van der Waals surface area contributed by atoms with E-state index < -0.39 is 23.7 Å². The zero-order chi connectivity index (χ0) is 26.3. The van der Waals surface area contributed by atoms with Crippen LogP contribution in [0, 0.1) is 36.4 Å². The van der Waals surface area contributed by atoms with Crippen LogP contribution in [-0.2, 0) is 4.79 Å². The molecule has 2 N–H and O–H groups in total. The Kier molecular flexibility index (Phi) is 6.74. The molecule has 37 heavy (non-hydrogen) atoms. The van der Waals surface area contributed by atoms with Crippen molar-refractivity contribution in [3.63, 3.8) is 0 Å². The summed E-state index contributed by atoms with van der Waals surface area (Å²) in [6.45, 7) is 5.51. The highest BCUT2D eigenvalue weighted by atomic mass is 19.1. The number of pyridine rings is 2. The molecule has 3 aromatic heterocycles. The summed E-state index contributed by atoms with van der Waals surface area (Å²) < 4.78 is 30.3. The Morgan fingerprint density at radius 1 is 1.05 bits per heavy atom. The third-order valence-corrected chi connectivity index (χ3v) is 7.12. The standard InChI is InChI=1S/C27H30F2N6O2/c1-14(2)35-21(10-11-31-35)26(36)34-24(23(16-4-5-16)17-6-7-17)27(37)33-22-9-8-19(25(29)32-22)20-12-18(28)13-30-15(20)3/h8-14,16-17,23-24H,4-7H2,1-3H3,(H,34,36)(H,32,33,37)/t24-/m0/s1. The Balaban J connectivity index is 1.39. The second-order valence-corrected chi connectivity index (χ2v) is 10.3. The summed E-state index contributed by atoms with van der Waals surface area (Å²) in [5.74, 6) is -1.48. The number of anilines is 1. The fourth-order valence-corrected chi connectivity index (χ4v) is 5.04. The van der Waals surface area contributed by atoms with E-state index in [-0.39, 0.29) is 34.8 Å². The first-order chi connectivity index (χ1) is 17.7. The van der Waals surface area contributed by atoms with E-state index >= 15 is 0 Å². The fourth-order valence-electron chi connectivity index (χ4n) is 5.04. The van der Waals surface area contributed by atoms with Gasteiger partial charge in [-0.05, 0) is 88.5 Å². The molecule has 2 fully saturated rings. The third-order valence-electron chi connectivity index (χ3n) is 7.12. The molecule has 0 bridgehead atoms. The van der Waals surface area contributed by atoms with Crippen molar-refractivity contribution in [2.45, 2.75) is 58.5 Å². The van der Waals surface area contributed by atoms with Crippen molar-refractivity contribution in [1.82, 2.24) is 25.1 Å². The smallest absolute Gasteiger partial charge is 0.270 e. The summed E-state index contributed by atoms with van der Waals surface area (Å²) in [7, 11) is 0. The van der Waals surface area contributed by atoms with Gasteiger partial charge in [0.25, 0.3) is 5.91 Å². The van der Waals surface area contributed by atoms with E-state index in [1.54, 1.807) is 23.9 Å². The van der Waals surface area contributed by atoms with Crippen LogP contribution in [0.4, 0.5) is 14.6 Å². The number of aromatic nitrogens is 4. The zero-order valence-electron chi connectivity index (χ0n) is 21.0. The number of carbonyl (C=O) groups excluding carboxylic acids is 2. The summed E-state index contributed by atoms with van der Waals surface area (Å²) in [5, 5.41) is 9.89. The van der Waals surface area contributed by atoms with Crippen LogP contribution in [0.5, 0.6) is 0 Å². The number of halogens is 2. The number of aryl methyl sites for hydroxylation is 1. The van der Waals surface area contributed by atoms with Gasteiger partial charge in [0.15, 0.2) is 0 Å². The molecule has 0 unspecified atom stereocenters. The van der Waals surface area contributed by atoms with Gasteiger partial charge in [-0.1, -0.05) is 0 Å². The van der Waals surface area contributed by atoms with Crippen LogP contribution in [-0.4, -0.2) is 37.6 Å². The molecule has 3 heterocycles. The maximum Gasteiger partial charge on any atom is 0.270 e. The summed E-state index contributed by atoms with van der Waals surface area (Å²) in [6, 6.07) is 4.93. The first-order valence-corrected chi connectivity index (χ1v) is 12.7. The van der Waals surface area contributed by atoms with Gasteiger partial charge in [-0.15, -0.1) is 0 Å². The number of nitrogens with one attached hydrogen (secondary N) is 2. The van der Waals surface area contributed by atoms with E-state index in [1.165, 1.54) is 18.2 Å². The van der Waals surface area contributed by atoms with E-state index in [9.17, 15) is 18.4 Å². The number of nitrogens with zero attached hydrogens (tertiary/aromatic N) is 4. The molecule has 10 heteroatoms. The number of carbonyl (C=O) groups is 2. The average molecular weight is 509 g/mol. The Morgan fingerprint density at radius 3 is 2.38 bits per heavy atom. The molecular weight excluding hydrogens is 478 g/mol. The van der Waals surface area contributed by atoms with Crippen LogP contribution < -0.4 is 10.6 Å². The number of hydrogen-bond donors (Lipinski definition) is 2. The molecule has 2 saturated carbocycles. The highest BCUT2D eigenvalue weighted by Gasteiger charge is 2.48. The molecule has 0 radical (unpaired) electrons. The number of rotatable bonds is 9. The third kappa shape index (κ3) is 5.38. The first kappa shape index (κ1) is 25.0. The largest absolute Gasteiger partial charge is 0.339 e. The van der Waals surface area contributed by atoms with Crippen molar-refractivity contribution in [3.8, 4) is 11.1 Å². The summed E-state index contributed by atoms with van der Waals surface area (Å²) in [5.41, 5.74) is 1.21. The van der Waals surface area contributed by atoms with Gasteiger partial charge in [-0.25, -0.2) is 9.37 Å². The monoisotopic (exact) mass is 508 g/mol. The van der Waals surface area contributed by atoms with Crippen molar-refractivity contribution < 1.29 is 18.4 Å². The van der Waals surface area contributed by atoms with Crippen LogP contribution in [0.1, 0.15) is 61.8 Å². The predicted octanol–water partition coefficient (Wildman–Crippen LogP) is 4.68. The van der Waals surface area contributed by atoms with Gasteiger partial charge in [0.2, 0.25) is 11.9 Å². The molecule has 5 rings (SSSR count). The van der Waals surface area contributed by atoms with Crippen molar-refractivity contribution in [1.29, 1.82) is 0 Å². The van der Waals surface area contributed by atoms with Crippen molar-refractivity contribution in [2.75, 3.05) is 5.32 Å². The Labute approximate surface area is 213 Å². The topological polar surface area (TPSA) is 102 Å². The summed E-state index contributed by atoms with van der Waals surface area (Å²) >= 11 is 0. The molecule has 2 amide bonds. The molecule has 0 saturated heterocycles. The van der Waals surface area contributed by atoms with Gasteiger partial charge in [0, 0.05) is 29.1 Å². The minimum Gasteiger partial charge on any atom is -0.339 e. The Morgan fingerprint density at radius 2 is 1.76 bits per heavy atom. The van der Waals surface area contributed by atoms with Gasteiger partial charge in [-0.3, -0.25) is 19.3 Å². The summed E-state index contributed by atoms with van der Waals surface area (Å²) in [6.07, 6.45) is 6.71. The Bertz CT molecular complexity index is 1320. The molecule has 0 aliphatic heterocycles. The number of amides is 2. The minimum atomic E-state index is -0.851. The molecule has 2 aliphatic rings. The molecule has 8 nitrogen and oxygen atoms in total. The normalized spacial score (nSPS) is 16.2. The lowest BCUT2D eigenvalue weighted by atomic mass is 9.88. The fraction of sp³-hybridized carbons (Fsp3) is 0.444. The predicted molar refractivity (Wildman–Crippen MR) is 134 cm³/mol. The van der Waals surface area contributed by atoms with E-state index in [4.69, 9.17) is 0 Å². The Hall–Kier alpha value is -3.69. The molecular formula is C27H30F2N6O2. The molecule has 0 spiro atoms. The van der Waals surface area contributed by atoms with Gasteiger partial charge in [0.05, 0.1) is 6.20 Å². The second-order valence-electron chi connectivity index (χ2n) is 10.3. The van der Waals surface area contributed by atoms with Gasteiger partial charge in [-0.2, -0.15) is 9.49 Å². The highest BCUT2D eigenvalue weighted by Crippen LogP contribution is 2.51. The SMILES string of the molecule is Cc1ncc(F)cc1-c1ccc(NC(=O)[C@@H](NC(=O)c2ccnn2C(C)C)C(C2CC2)C2CC2)nc1F. The zero-order valence-corrected chi connectivity index (χ0v) is 21.0. The molecule has 3 aromatic rings. The van der Waals surface area contributed by atoms with E-state index in [2.05, 4.69) is 25.7 Å². The molecule has 0 aromatic carbocycles. The van der Waals surface area contributed by atoms with E-state index in [0.29, 0.717) is 23.2 Å². The van der Waals surface area contributed by atoms with Crippen LogP contribution in [0.2, 0.25) is 0 Å².